The van der Waals surface area contributed by atoms with Gasteiger partial charge in [0.15, 0.2) is 5.65 Å². The molecule has 13 nitrogen and oxygen atoms in total. The van der Waals surface area contributed by atoms with E-state index in [0.717, 1.165) is 68.1 Å². The summed E-state index contributed by atoms with van der Waals surface area (Å²) in [5.41, 5.74) is 14.5. The van der Waals surface area contributed by atoms with E-state index in [4.69, 9.17) is 4.98 Å². The maximum Gasteiger partial charge on any atom is 0.204 e. The van der Waals surface area contributed by atoms with Gasteiger partial charge < -0.3 is 40.8 Å². The van der Waals surface area contributed by atoms with Crippen LogP contribution in [0.1, 0.15) is 124 Å². The Morgan fingerprint density at radius 3 is 1.73 bits per heavy atom. The van der Waals surface area contributed by atoms with Crippen LogP contribution in [0.25, 0.3) is 44.3 Å². The molecule has 3 aromatic carbocycles. The van der Waals surface area contributed by atoms with E-state index < -0.39 is 0 Å². The first kappa shape index (κ1) is 47.9. The number of aryl methyl sites for hydroxylation is 5. The number of benzene rings is 3. The topological polar surface area (TPSA) is 165 Å². The fourth-order valence-corrected chi connectivity index (χ4v) is 6.77. The standard InChI is InChI=1S/C15H23N3.C13H19N3.C12H17N3.C10H14N4/c1-10(2)18-13-8-7-11(3)9-12(13)16-14(18)17-15(4,5)6;1-8-6-7-10-11(9(8)2)15-12(14-10)16-13(3,4)5;1-8-5-6-9-10(7-8)14-11(13-9)15-12(2,3)4;1-6(2)12-10-13-8-4-7(3)5-11-9(8)14-10/h7-10H,1-6H3,(H,16,17);6-7H,1-5H3,(H2,14,15,16);5-7H,1-4H3,(H2,13,14,15);4-6H,1-3H3,(H2,11,12,13,14). The molecule has 0 saturated heterocycles. The lowest BCUT2D eigenvalue weighted by Gasteiger charge is -2.23. The molecule has 0 bridgehead atoms. The molecule has 0 saturated carbocycles. The van der Waals surface area contributed by atoms with Gasteiger partial charge in [0.25, 0.3) is 0 Å². The summed E-state index contributed by atoms with van der Waals surface area (Å²) in [7, 11) is 0. The second-order valence-electron chi connectivity index (χ2n) is 20.4. The monoisotopic (exact) mass is 856 g/mol. The van der Waals surface area contributed by atoms with Gasteiger partial charge >= 0.3 is 0 Å². The second-order valence-corrected chi connectivity index (χ2v) is 20.4. The smallest absolute Gasteiger partial charge is 0.204 e. The molecule has 0 aliphatic rings. The second kappa shape index (κ2) is 19.1. The summed E-state index contributed by atoms with van der Waals surface area (Å²) < 4.78 is 2.26. The van der Waals surface area contributed by atoms with Crippen molar-refractivity contribution in [1.82, 2.24) is 44.4 Å². The van der Waals surface area contributed by atoms with E-state index in [9.17, 15) is 0 Å². The number of rotatable bonds is 6. The summed E-state index contributed by atoms with van der Waals surface area (Å²) in [5.74, 6) is 3.42. The van der Waals surface area contributed by atoms with Gasteiger partial charge in [-0.3, -0.25) is 0 Å². The van der Waals surface area contributed by atoms with E-state index in [2.05, 4.69) is 221 Å². The Kier molecular flexibility index (Phi) is 14.5. The van der Waals surface area contributed by atoms with Crippen molar-refractivity contribution in [1.29, 1.82) is 0 Å². The van der Waals surface area contributed by atoms with Crippen molar-refractivity contribution < 1.29 is 0 Å². The summed E-state index contributed by atoms with van der Waals surface area (Å²) in [5, 5.41) is 13.4. The quantitative estimate of drug-likeness (QED) is 0.0862. The van der Waals surface area contributed by atoms with E-state index in [0.29, 0.717) is 12.1 Å². The minimum atomic E-state index is 0.0169. The fraction of sp³-hybridized carbons (Fsp3) is 0.460. The van der Waals surface area contributed by atoms with Crippen molar-refractivity contribution in [2.75, 3.05) is 21.3 Å². The number of H-pyrrole nitrogens is 3. The molecule has 0 spiro atoms. The van der Waals surface area contributed by atoms with Gasteiger partial charge in [0.05, 0.1) is 38.6 Å². The number of fused-ring (bicyclic) bond motifs is 4. The van der Waals surface area contributed by atoms with E-state index in [1.165, 1.54) is 27.8 Å². The van der Waals surface area contributed by atoms with Gasteiger partial charge in [-0.2, -0.15) is 4.98 Å². The van der Waals surface area contributed by atoms with E-state index in [1.807, 2.05) is 25.3 Å². The molecule has 0 aliphatic heterocycles. The molecule has 13 heteroatoms. The van der Waals surface area contributed by atoms with Crippen LogP contribution in [0.3, 0.4) is 0 Å². The van der Waals surface area contributed by atoms with Crippen LogP contribution < -0.4 is 21.3 Å². The third-order valence-electron chi connectivity index (χ3n) is 9.55. The van der Waals surface area contributed by atoms with Crippen LogP contribution in [-0.4, -0.2) is 67.1 Å². The highest BCUT2D eigenvalue weighted by Gasteiger charge is 2.19. The molecule has 63 heavy (non-hydrogen) atoms. The zero-order valence-corrected chi connectivity index (χ0v) is 41.1. The van der Waals surface area contributed by atoms with Crippen molar-refractivity contribution >= 4 is 68.1 Å². The van der Waals surface area contributed by atoms with Gasteiger partial charge in [-0.05, 0) is 189 Å². The lowest BCUT2D eigenvalue weighted by Crippen LogP contribution is -2.28. The lowest BCUT2D eigenvalue weighted by atomic mass is 10.1. The molecule has 0 fully saturated rings. The Balaban J connectivity index is 0.000000159. The highest BCUT2D eigenvalue weighted by molar-refractivity contribution is 5.82. The summed E-state index contributed by atoms with van der Waals surface area (Å²) in [6.07, 6.45) is 1.82. The molecular weight excluding hydrogens is 783 g/mol. The third-order valence-corrected chi connectivity index (χ3v) is 9.55. The zero-order chi connectivity index (χ0) is 46.6. The van der Waals surface area contributed by atoms with Gasteiger partial charge in [-0.1, -0.05) is 18.2 Å². The molecule has 5 aromatic heterocycles. The molecule has 5 heterocycles. The van der Waals surface area contributed by atoms with Gasteiger partial charge in [0.2, 0.25) is 23.8 Å². The molecule has 7 N–H and O–H groups in total. The zero-order valence-electron chi connectivity index (χ0n) is 41.1. The highest BCUT2D eigenvalue weighted by Crippen LogP contribution is 2.27. The Morgan fingerprint density at radius 1 is 0.540 bits per heavy atom. The average Bonchev–Trinajstić information content (AvgIpc) is 3.91. The van der Waals surface area contributed by atoms with Crippen molar-refractivity contribution in [2.45, 2.75) is 153 Å². The molecule has 0 amide bonds. The number of pyridine rings is 1. The first-order valence-electron chi connectivity index (χ1n) is 22.1. The number of hydrogen-bond acceptors (Lipinski definition) is 9. The number of hydrogen-bond donors (Lipinski definition) is 7. The summed E-state index contributed by atoms with van der Waals surface area (Å²) in [6, 6.07) is 19.7. The minimum absolute atomic E-state index is 0.0169. The Bertz CT molecular complexity index is 2760. The van der Waals surface area contributed by atoms with Crippen molar-refractivity contribution in [3.05, 3.63) is 88.6 Å². The number of imidazole rings is 4. The molecule has 0 unspecified atom stereocenters. The van der Waals surface area contributed by atoms with Crippen LogP contribution in [0.4, 0.5) is 23.8 Å². The predicted octanol–water partition coefficient (Wildman–Crippen LogP) is 12.7. The highest BCUT2D eigenvalue weighted by atomic mass is 15.2. The van der Waals surface area contributed by atoms with Gasteiger partial charge in [0, 0.05) is 34.9 Å². The minimum Gasteiger partial charge on any atom is -0.354 e. The summed E-state index contributed by atoms with van der Waals surface area (Å²) in [6.45, 7) is 38.1. The maximum absolute atomic E-state index is 4.73. The molecule has 338 valence electrons. The fourth-order valence-electron chi connectivity index (χ4n) is 6.77. The predicted molar refractivity (Wildman–Crippen MR) is 269 cm³/mol. The number of aromatic nitrogens is 9. The summed E-state index contributed by atoms with van der Waals surface area (Å²) >= 11 is 0. The first-order chi connectivity index (χ1) is 29.2. The normalized spacial score (nSPS) is 11.9. The average molecular weight is 856 g/mol. The van der Waals surface area contributed by atoms with E-state index in [-0.39, 0.29) is 16.6 Å². The van der Waals surface area contributed by atoms with E-state index >= 15 is 0 Å². The van der Waals surface area contributed by atoms with Crippen LogP contribution in [0.2, 0.25) is 0 Å². The van der Waals surface area contributed by atoms with Crippen LogP contribution >= 0.6 is 0 Å². The van der Waals surface area contributed by atoms with Crippen molar-refractivity contribution in [2.24, 2.45) is 0 Å². The van der Waals surface area contributed by atoms with E-state index in [1.54, 1.807) is 0 Å². The molecule has 0 aliphatic carbocycles. The lowest BCUT2D eigenvalue weighted by molar-refractivity contribution is 0.582. The summed E-state index contributed by atoms with van der Waals surface area (Å²) in [4.78, 5) is 32.1. The van der Waals surface area contributed by atoms with Crippen LogP contribution in [0, 0.1) is 34.6 Å². The first-order valence-corrected chi connectivity index (χ1v) is 22.1. The molecule has 8 rings (SSSR count). The third kappa shape index (κ3) is 13.7. The number of aromatic amines is 3. The molecular formula is C50H73N13. The van der Waals surface area contributed by atoms with Crippen molar-refractivity contribution in [3.8, 4) is 0 Å². The number of nitrogens with one attached hydrogen (secondary N) is 7. The molecule has 8 aromatic rings. The van der Waals surface area contributed by atoms with Gasteiger partial charge in [-0.25, -0.2) is 19.9 Å². The Morgan fingerprint density at radius 2 is 1.11 bits per heavy atom. The van der Waals surface area contributed by atoms with Gasteiger partial charge in [-0.15, -0.1) is 0 Å². The number of nitrogens with zero attached hydrogens (tertiary/aromatic N) is 6. The van der Waals surface area contributed by atoms with Crippen molar-refractivity contribution in [3.63, 3.8) is 0 Å². The van der Waals surface area contributed by atoms with Gasteiger partial charge in [0.1, 0.15) is 0 Å². The Labute approximate surface area is 374 Å². The number of anilines is 4. The Hall–Kier alpha value is -6.11. The van der Waals surface area contributed by atoms with Crippen LogP contribution in [0.15, 0.2) is 60.8 Å². The van der Waals surface area contributed by atoms with Crippen LogP contribution in [-0.2, 0) is 0 Å². The van der Waals surface area contributed by atoms with Crippen LogP contribution in [0.5, 0.6) is 0 Å². The SMILES string of the molecule is Cc1ccc2[nH]c(NC(C)(C)C)nc2c1C.Cc1ccc2c(c1)nc(NC(C)(C)C)n2C(C)C.Cc1ccc2nc(NC(C)(C)C)[nH]c2c1.Cc1cnc2nc(NC(C)C)[nH]c2c1. The maximum atomic E-state index is 4.73. The molecule has 0 radical (unpaired) electrons. The molecule has 0 atom stereocenters. The largest absolute Gasteiger partial charge is 0.354 e.